The lowest BCUT2D eigenvalue weighted by Gasteiger charge is -2.32. The molecule has 0 amide bonds. The van der Waals surface area contributed by atoms with Crippen LogP contribution in [0.4, 0.5) is 0 Å². The third-order valence-electron chi connectivity index (χ3n) is 6.30. The molecule has 0 bridgehead atoms. The van der Waals surface area contributed by atoms with Gasteiger partial charge in [-0.3, -0.25) is 0 Å². The molecule has 0 radical (unpaired) electrons. The van der Waals surface area contributed by atoms with Crippen molar-refractivity contribution in [2.45, 2.75) is 45.8 Å². The molecule has 0 N–H and O–H groups in total. The molecule has 1 aliphatic heterocycles. The fraction of sp³-hybridized carbons (Fsp3) is 0.259. The summed E-state index contributed by atoms with van der Waals surface area (Å²) >= 11 is 0. The van der Waals surface area contributed by atoms with Crippen molar-refractivity contribution in [2.75, 3.05) is 0 Å². The number of hydrogen-bond donors (Lipinski definition) is 0. The minimum Gasteiger partial charge on any atom is -0.399 e. The number of rotatable bonds is 4. The zero-order valence-corrected chi connectivity index (χ0v) is 18.5. The lowest BCUT2D eigenvalue weighted by molar-refractivity contribution is 0.00578. The van der Waals surface area contributed by atoms with Gasteiger partial charge < -0.3 is 9.31 Å². The predicted octanol–water partition coefficient (Wildman–Crippen LogP) is 5.88. The number of aryl methyl sites for hydroxylation is 1. The first-order chi connectivity index (χ1) is 14.3. The number of hydrogen-bond acceptors (Lipinski definition) is 2. The Morgan fingerprint density at radius 3 is 1.87 bits per heavy atom. The molecule has 0 aromatic heterocycles. The molecule has 0 atom stereocenters. The van der Waals surface area contributed by atoms with Crippen LogP contribution in [-0.4, -0.2) is 18.3 Å². The van der Waals surface area contributed by atoms with Crippen LogP contribution < -0.4 is 5.46 Å². The fourth-order valence-electron chi connectivity index (χ4n) is 3.81. The Morgan fingerprint density at radius 1 is 0.700 bits per heavy atom. The molecule has 1 heterocycles. The van der Waals surface area contributed by atoms with Crippen LogP contribution >= 0.6 is 0 Å². The average Bonchev–Trinajstić information content (AvgIpc) is 2.95. The first kappa shape index (κ1) is 20.6. The van der Waals surface area contributed by atoms with E-state index < -0.39 is 7.12 Å². The van der Waals surface area contributed by atoms with Crippen molar-refractivity contribution in [3.8, 4) is 0 Å². The Morgan fingerprint density at radius 2 is 1.23 bits per heavy atom. The molecule has 1 fully saturated rings. The molecule has 3 aromatic carbocycles. The van der Waals surface area contributed by atoms with Crippen molar-refractivity contribution in [3.05, 3.63) is 101 Å². The standard InChI is InChI=1S/C27H29BO2/c1-20-13-9-10-16-22(20)24(19-21-14-7-6-8-15-21)23-17-11-12-18-25(23)28-29-26(2,3)27(4,5)30-28/h6-19H,1-5H3/b24-19+. The van der Waals surface area contributed by atoms with Crippen LogP contribution in [0.2, 0.25) is 0 Å². The van der Waals surface area contributed by atoms with Gasteiger partial charge in [0.25, 0.3) is 0 Å². The first-order valence-corrected chi connectivity index (χ1v) is 10.6. The van der Waals surface area contributed by atoms with E-state index in [4.69, 9.17) is 9.31 Å². The minimum atomic E-state index is -0.408. The molecular formula is C27H29BO2. The number of benzene rings is 3. The molecule has 1 saturated heterocycles. The summed E-state index contributed by atoms with van der Waals surface area (Å²) in [6, 6.07) is 27.4. The molecule has 2 nitrogen and oxygen atoms in total. The third kappa shape index (κ3) is 3.88. The first-order valence-electron chi connectivity index (χ1n) is 10.6. The summed E-state index contributed by atoms with van der Waals surface area (Å²) in [5.41, 5.74) is 6.22. The van der Waals surface area contributed by atoms with E-state index in [9.17, 15) is 0 Å². The van der Waals surface area contributed by atoms with Gasteiger partial charge in [0.15, 0.2) is 0 Å². The van der Waals surface area contributed by atoms with Gasteiger partial charge in [-0.1, -0.05) is 78.9 Å². The van der Waals surface area contributed by atoms with E-state index in [2.05, 4.69) is 113 Å². The van der Waals surface area contributed by atoms with Gasteiger partial charge >= 0.3 is 7.12 Å². The van der Waals surface area contributed by atoms with Crippen LogP contribution in [0, 0.1) is 6.92 Å². The zero-order valence-electron chi connectivity index (χ0n) is 18.5. The predicted molar refractivity (Wildman–Crippen MR) is 127 cm³/mol. The maximum atomic E-state index is 6.41. The summed E-state index contributed by atoms with van der Waals surface area (Å²) in [5.74, 6) is 0. The van der Waals surface area contributed by atoms with E-state index in [-0.39, 0.29) is 11.2 Å². The summed E-state index contributed by atoms with van der Waals surface area (Å²) in [5, 5.41) is 0. The molecule has 3 aromatic rings. The van der Waals surface area contributed by atoms with E-state index in [1.165, 1.54) is 22.3 Å². The van der Waals surface area contributed by atoms with Crippen molar-refractivity contribution in [1.82, 2.24) is 0 Å². The molecule has 0 saturated carbocycles. The third-order valence-corrected chi connectivity index (χ3v) is 6.30. The fourth-order valence-corrected chi connectivity index (χ4v) is 3.81. The van der Waals surface area contributed by atoms with Crippen molar-refractivity contribution in [3.63, 3.8) is 0 Å². The Hall–Kier alpha value is -2.62. The molecule has 0 spiro atoms. The van der Waals surface area contributed by atoms with Gasteiger partial charge in [0.05, 0.1) is 11.2 Å². The van der Waals surface area contributed by atoms with Crippen LogP contribution in [0.25, 0.3) is 11.6 Å². The van der Waals surface area contributed by atoms with Crippen LogP contribution in [0.1, 0.15) is 49.9 Å². The zero-order chi connectivity index (χ0) is 21.4. The summed E-state index contributed by atoms with van der Waals surface area (Å²) in [6.45, 7) is 10.5. The Balaban J connectivity index is 1.88. The van der Waals surface area contributed by atoms with Gasteiger partial charge in [-0.05, 0) is 74.0 Å². The minimum absolute atomic E-state index is 0.378. The van der Waals surface area contributed by atoms with Crippen LogP contribution in [0.5, 0.6) is 0 Å². The SMILES string of the molecule is Cc1ccccc1/C(=C\c1ccccc1)c1ccccc1B1OC(C)(C)C(C)(C)O1. The second-order valence-corrected chi connectivity index (χ2v) is 8.96. The lowest BCUT2D eigenvalue weighted by atomic mass is 9.73. The van der Waals surface area contributed by atoms with E-state index in [1.54, 1.807) is 0 Å². The molecule has 30 heavy (non-hydrogen) atoms. The van der Waals surface area contributed by atoms with Gasteiger partial charge in [-0.2, -0.15) is 0 Å². The molecule has 1 aliphatic rings. The maximum Gasteiger partial charge on any atom is 0.495 e. The van der Waals surface area contributed by atoms with Gasteiger partial charge in [0, 0.05) is 0 Å². The summed E-state index contributed by atoms with van der Waals surface area (Å²) in [6.07, 6.45) is 2.26. The summed E-state index contributed by atoms with van der Waals surface area (Å²) in [7, 11) is -0.408. The van der Waals surface area contributed by atoms with Crippen molar-refractivity contribution in [2.24, 2.45) is 0 Å². The van der Waals surface area contributed by atoms with Gasteiger partial charge in [-0.25, -0.2) is 0 Å². The van der Waals surface area contributed by atoms with E-state index in [0.29, 0.717) is 0 Å². The summed E-state index contributed by atoms with van der Waals surface area (Å²) in [4.78, 5) is 0. The molecule has 0 unspecified atom stereocenters. The van der Waals surface area contributed by atoms with E-state index >= 15 is 0 Å². The van der Waals surface area contributed by atoms with Crippen molar-refractivity contribution < 1.29 is 9.31 Å². The highest BCUT2D eigenvalue weighted by atomic mass is 16.7. The van der Waals surface area contributed by atoms with E-state index in [0.717, 1.165) is 11.0 Å². The normalized spacial score (nSPS) is 17.9. The van der Waals surface area contributed by atoms with Crippen molar-refractivity contribution in [1.29, 1.82) is 0 Å². The highest BCUT2D eigenvalue weighted by Gasteiger charge is 2.52. The summed E-state index contributed by atoms with van der Waals surface area (Å²) < 4.78 is 12.8. The molecular weight excluding hydrogens is 367 g/mol. The second-order valence-electron chi connectivity index (χ2n) is 8.96. The van der Waals surface area contributed by atoms with Crippen LogP contribution in [-0.2, 0) is 9.31 Å². The monoisotopic (exact) mass is 396 g/mol. The Bertz CT molecular complexity index is 1050. The molecule has 3 heteroatoms. The second kappa shape index (κ2) is 7.90. The average molecular weight is 396 g/mol. The largest absolute Gasteiger partial charge is 0.495 e. The van der Waals surface area contributed by atoms with Gasteiger partial charge in [0.1, 0.15) is 0 Å². The van der Waals surface area contributed by atoms with Gasteiger partial charge in [-0.15, -0.1) is 0 Å². The topological polar surface area (TPSA) is 18.5 Å². The molecule has 0 aliphatic carbocycles. The molecule has 4 rings (SSSR count). The van der Waals surface area contributed by atoms with Gasteiger partial charge in [0.2, 0.25) is 0 Å². The highest BCUT2D eigenvalue weighted by molar-refractivity contribution is 6.63. The van der Waals surface area contributed by atoms with Crippen LogP contribution in [0.3, 0.4) is 0 Å². The Labute approximate surface area is 180 Å². The maximum absolute atomic E-state index is 6.41. The lowest BCUT2D eigenvalue weighted by Crippen LogP contribution is -2.41. The molecule has 152 valence electrons. The van der Waals surface area contributed by atoms with E-state index in [1.807, 2.05) is 6.07 Å². The Kier molecular flexibility index (Phi) is 5.44. The quantitative estimate of drug-likeness (QED) is 0.405. The van der Waals surface area contributed by atoms with Crippen LogP contribution in [0.15, 0.2) is 78.9 Å². The van der Waals surface area contributed by atoms with Crippen molar-refractivity contribution >= 4 is 24.2 Å². The highest BCUT2D eigenvalue weighted by Crippen LogP contribution is 2.37. The smallest absolute Gasteiger partial charge is 0.399 e.